The van der Waals surface area contributed by atoms with Crippen molar-refractivity contribution in [2.24, 2.45) is 5.92 Å². The number of oxazole rings is 1. The number of benzene rings is 2. The van der Waals surface area contributed by atoms with E-state index < -0.39 is 0 Å². The lowest BCUT2D eigenvalue weighted by Gasteiger charge is -2.32. The van der Waals surface area contributed by atoms with E-state index in [2.05, 4.69) is 4.98 Å². The second-order valence-corrected chi connectivity index (χ2v) is 8.60. The van der Waals surface area contributed by atoms with Gasteiger partial charge >= 0.3 is 0 Å². The Bertz CT molecular complexity index is 1080. The maximum atomic E-state index is 13.0. The quantitative estimate of drug-likeness (QED) is 0.633. The molecule has 0 atom stereocenters. The predicted molar refractivity (Wildman–Crippen MR) is 119 cm³/mol. The highest BCUT2D eigenvalue weighted by Crippen LogP contribution is 2.27. The normalized spacial score (nSPS) is 17.4. The summed E-state index contributed by atoms with van der Waals surface area (Å²) in [7, 11) is 0. The average molecular weight is 418 g/mol. The van der Waals surface area contributed by atoms with Crippen LogP contribution in [-0.4, -0.2) is 52.8 Å². The third-order valence-electron chi connectivity index (χ3n) is 6.48. The molecule has 1 aromatic heterocycles. The Balaban J connectivity index is 1.22. The van der Waals surface area contributed by atoms with Gasteiger partial charge in [0, 0.05) is 43.7 Å². The number of carbonyl (C=O) groups is 2. The molecule has 5 rings (SSSR count). The van der Waals surface area contributed by atoms with Crippen LogP contribution in [0.4, 0.5) is 0 Å². The summed E-state index contributed by atoms with van der Waals surface area (Å²) in [4.78, 5) is 33.9. The van der Waals surface area contributed by atoms with Crippen LogP contribution in [0.15, 0.2) is 52.9 Å². The van der Waals surface area contributed by atoms with E-state index in [1.54, 1.807) is 6.07 Å². The zero-order valence-corrected chi connectivity index (χ0v) is 17.6. The highest BCUT2D eigenvalue weighted by molar-refractivity contribution is 5.97. The van der Waals surface area contributed by atoms with E-state index in [9.17, 15) is 9.59 Å². The number of piperidine rings is 1. The largest absolute Gasteiger partial charge is 0.436 e. The van der Waals surface area contributed by atoms with Gasteiger partial charge in [-0.2, -0.15) is 0 Å². The summed E-state index contributed by atoms with van der Waals surface area (Å²) in [6, 6.07) is 15.2. The first kappa shape index (κ1) is 19.8. The second-order valence-electron chi connectivity index (χ2n) is 8.60. The van der Waals surface area contributed by atoms with Gasteiger partial charge in [-0.25, -0.2) is 4.98 Å². The van der Waals surface area contributed by atoms with Crippen LogP contribution in [0.1, 0.15) is 42.5 Å². The fourth-order valence-corrected chi connectivity index (χ4v) is 4.63. The molecule has 3 aromatic rings. The van der Waals surface area contributed by atoms with Gasteiger partial charge in [0.15, 0.2) is 5.58 Å². The zero-order chi connectivity index (χ0) is 21.2. The smallest absolute Gasteiger partial charge is 0.253 e. The van der Waals surface area contributed by atoms with Gasteiger partial charge in [0.25, 0.3) is 5.91 Å². The van der Waals surface area contributed by atoms with Crippen molar-refractivity contribution in [2.75, 3.05) is 26.2 Å². The number of aromatic nitrogens is 1. The Morgan fingerprint density at radius 1 is 0.935 bits per heavy atom. The Hall–Kier alpha value is -3.15. The average Bonchev–Trinajstić information content (AvgIpc) is 3.49. The van der Waals surface area contributed by atoms with Crippen molar-refractivity contribution in [1.29, 1.82) is 0 Å². The van der Waals surface area contributed by atoms with Gasteiger partial charge in [0.1, 0.15) is 5.52 Å². The van der Waals surface area contributed by atoms with Crippen LogP contribution in [0.2, 0.25) is 0 Å². The minimum Gasteiger partial charge on any atom is -0.436 e. The second kappa shape index (κ2) is 8.53. The molecule has 0 N–H and O–H groups in total. The van der Waals surface area contributed by atoms with Crippen LogP contribution in [0.3, 0.4) is 0 Å². The number of carbonyl (C=O) groups excluding carboxylic acids is 2. The third-order valence-corrected chi connectivity index (χ3v) is 6.48. The van der Waals surface area contributed by atoms with Crippen LogP contribution in [-0.2, 0) is 4.79 Å². The molecule has 2 fully saturated rings. The van der Waals surface area contributed by atoms with E-state index in [1.807, 2.05) is 52.3 Å². The van der Waals surface area contributed by atoms with Crippen molar-refractivity contribution >= 4 is 22.9 Å². The van der Waals surface area contributed by atoms with Gasteiger partial charge < -0.3 is 14.2 Å². The van der Waals surface area contributed by atoms with Gasteiger partial charge in [0.2, 0.25) is 11.8 Å². The molecule has 0 aliphatic carbocycles. The Morgan fingerprint density at radius 2 is 1.68 bits per heavy atom. The first-order valence-corrected chi connectivity index (χ1v) is 11.2. The molecule has 0 unspecified atom stereocenters. The molecule has 6 nitrogen and oxygen atoms in total. The van der Waals surface area contributed by atoms with Gasteiger partial charge in [-0.3, -0.25) is 9.59 Å². The topological polar surface area (TPSA) is 66.7 Å². The molecule has 2 aliphatic rings. The predicted octanol–water partition coefficient (Wildman–Crippen LogP) is 4.36. The highest BCUT2D eigenvalue weighted by atomic mass is 16.3. The zero-order valence-electron chi connectivity index (χ0n) is 17.6. The molecule has 2 saturated heterocycles. The van der Waals surface area contributed by atoms with Crippen LogP contribution in [0, 0.1) is 5.92 Å². The molecule has 3 heterocycles. The van der Waals surface area contributed by atoms with Crippen molar-refractivity contribution in [3.8, 4) is 11.5 Å². The lowest BCUT2D eigenvalue weighted by Crippen LogP contribution is -2.40. The molecule has 0 saturated carbocycles. The number of fused-ring (bicyclic) bond motifs is 1. The minimum absolute atomic E-state index is 0.0175. The minimum atomic E-state index is 0.0175. The van der Waals surface area contributed by atoms with Crippen molar-refractivity contribution in [2.45, 2.75) is 32.1 Å². The van der Waals surface area contributed by atoms with Gasteiger partial charge in [-0.05, 0) is 61.9 Å². The van der Waals surface area contributed by atoms with Gasteiger partial charge in [0.05, 0.1) is 0 Å². The Labute approximate surface area is 181 Å². The molecular formula is C25H27N3O3. The van der Waals surface area contributed by atoms with Crippen LogP contribution >= 0.6 is 0 Å². The van der Waals surface area contributed by atoms with Crippen molar-refractivity contribution in [1.82, 2.24) is 14.8 Å². The summed E-state index contributed by atoms with van der Waals surface area (Å²) in [5, 5.41) is 0. The molecule has 2 aliphatic heterocycles. The van der Waals surface area contributed by atoms with E-state index in [1.165, 1.54) is 0 Å². The summed E-state index contributed by atoms with van der Waals surface area (Å²) in [5.41, 5.74) is 2.90. The molecule has 6 heteroatoms. The lowest BCUT2D eigenvalue weighted by molar-refractivity contribution is -0.131. The van der Waals surface area contributed by atoms with E-state index in [0.29, 0.717) is 42.5 Å². The first-order valence-electron chi connectivity index (χ1n) is 11.2. The fourth-order valence-electron chi connectivity index (χ4n) is 4.63. The molecular weight excluding hydrogens is 390 g/mol. The van der Waals surface area contributed by atoms with Crippen LogP contribution < -0.4 is 0 Å². The molecule has 2 amide bonds. The molecule has 31 heavy (non-hydrogen) atoms. The summed E-state index contributed by atoms with van der Waals surface area (Å²) in [6.45, 7) is 3.21. The van der Waals surface area contributed by atoms with E-state index in [4.69, 9.17) is 4.42 Å². The van der Waals surface area contributed by atoms with Crippen molar-refractivity contribution < 1.29 is 14.0 Å². The maximum Gasteiger partial charge on any atom is 0.253 e. The summed E-state index contributed by atoms with van der Waals surface area (Å²) in [5.74, 6) is 1.24. The number of likely N-dealkylation sites (tertiary alicyclic amines) is 2. The van der Waals surface area contributed by atoms with Crippen LogP contribution in [0.5, 0.6) is 0 Å². The SMILES string of the molecule is O=C(CC1CCN(C(=O)c2ccc3nc(-c4ccccc4)oc3c2)CC1)N1CCCC1. The van der Waals surface area contributed by atoms with Crippen molar-refractivity contribution in [3.63, 3.8) is 0 Å². The molecule has 0 radical (unpaired) electrons. The number of amides is 2. The molecule has 160 valence electrons. The van der Waals surface area contributed by atoms with Gasteiger partial charge in [-0.1, -0.05) is 18.2 Å². The number of nitrogens with zero attached hydrogens (tertiary/aromatic N) is 3. The Morgan fingerprint density at radius 3 is 2.42 bits per heavy atom. The third kappa shape index (κ3) is 4.20. The first-order chi connectivity index (χ1) is 15.2. The maximum absolute atomic E-state index is 13.0. The van der Waals surface area contributed by atoms with Crippen molar-refractivity contribution in [3.05, 3.63) is 54.1 Å². The van der Waals surface area contributed by atoms with Crippen LogP contribution in [0.25, 0.3) is 22.6 Å². The molecule has 0 spiro atoms. The number of rotatable bonds is 4. The van der Waals surface area contributed by atoms with E-state index in [0.717, 1.165) is 49.9 Å². The molecule has 2 aromatic carbocycles. The summed E-state index contributed by atoms with van der Waals surface area (Å²) >= 11 is 0. The summed E-state index contributed by atoms with van der Waals surface area (Å²) in [6.07, 6.45) is 4.64. The molecule has 0 bridgehead atoms. The standard InChI is InChI=1S/C25H27N3O3/c29-23(27-12-4-5-13-27)16-18-10-14-28(15-11-18)25(30)20-8-9-21-22(17-20)31-24(26-21)19-6-2-1-3-7-19/h1-3,6-9,17-18H,4-5,10-16H2. The van der Waals surface area contributed by atoms with Gasteiger partial charge in [-0.15, -0.1) is 0 Å². The number of hydrogen-bond donors (Lipinski definition) is 0. The number of hydrogen-bond acceptors (Lipinski definition) is 4. The van der Waals surface area contributed by atoms with E-state index >= 15 is 0 Å². The monoisotopic (exact) mass is 417 g/mol. The lowest BCUT2D eigenvalue weighted by atomic mass is 9.92. The summed E-state index contributed by atoms with van der Waals surface area (Å²) < 4.78 is 5.92. The van der Waals surface area contributed by atoms with E-state index in [-0.39, 0.29) is 11.8 Å². The Kier molecular flexibility index (Phi) is 5.45. The fraction of sp³-hybridized carbons (Fsp3) is 0.400. The highest BCUT2D eigenvalue weighted by Gasteiger charge is 2.27.